The van der Waals surface area contributed by atoms with Crippen molar-refractivity contribution in [3.05, 3.63) is 29.5 Å². The Kier molecular flexibility index (Phi) is 5.09. The van der Waals surface area contributed by atoms with Crippen molar-refractivity contribution >= 4 is 5.78 Å². The largest absolute Gasteiger partial charge is 0.493 e. The van der Waals surface area contributed by atoms with Crippen LogP contribution in [-0.2, 0) is 11.3 Å². The minimum absolute atomic E-state index is 0.175. The van der Waals surface area contributed by atoms with Gasteiger partial charge in [-0.3, -0.25) is 4.79 Å². The maximum atomic E-state index is 11.8. The summed E-state index contributed by atoms with van der Waals surface area (Å²) in [6, 6.07) is 3.75. The van der Waals surface area contributed by atoms with E-state index in [4.69, 9.17) is 14.2 Å². The van der Waals surface area contributed by atoms with Crippen molar-refractivity contribution in [2.75, 3.05) is 21.3 Å². The number of carbonyl (C=O) groups is 1. The van der Waals surface area contributed by atoms with E-state index in [1.54, 1.807) is 21.3 Å². The highest BCUT2D eigenvalue weighted by molar-refractivity contribution is 5.95. The van der Waals surface area contributed by atoms with Crippen LogP contribution in [0.4, 0.5) is 0 Å². The molecule has 1 aromatic rings. The minimum Gasteiger partial charge on any atom is -0.493 e. The highest BCUT2D eigenvalue weighted by Crippen LogP contribution is 2.38. The van der Waals surface area contributed by atoms with E-state index in [0.29, 0.717) is 35.9 Å². The highest BCUT2D eigenvalue weighted by atomic mass is 16.5. The number of allylic oxidation sites excluding steroid dienone is 2. The average molecular weight is 291 g/mol. The summed E-state index contributed by atoms with van der Waals surface area (Å²) < 4.78 is 15.9. The first kappa shape index (κ1) is 15.2. The van der Waals surface area contributed by atoms with Crippen molar-refractivity contribution in [2.24, 2.45) is 0 Å². The lowest BCUT2D eigenvalue weighted by Crippen LogP contribution is -2.22. The van der Waals surface area contributed by atoms with E-state index in [9.17, 15) is 4.79 Å². The molecule has 0 atom stereocenters. The Hall–Kier alpha value is -2.17. The van der Waals surface area contributed by atoms with Gasteiger partial charge in [0.05, 0.1) is 27.0 Å². The summed E-state index contributed by atoms with van der Waals surface area (Å²) in [5.74, 6) is 1.96. The van der Waals surface area contributed by atoms with Gasteiger partial charge in [-0.1, -0.05) is 6.08 Å². The van der Waals surface area contributed by atoms with Gasteiger partial charge in [0.2, 0.25) is 5.75 Å². The van der Waals surface area contributed by atoms with Gasteiger partial charge < -0.3 is 19.5 Å². The number of nitrogens with one attached hydrogen (secondary N) is 1. The molecule has 0 aliphatic heterocycles. The summed E-state index contributed by atoms with van der Waals surface area (Å²) in [6.45, 7) is 0.536. The number of Topliss-reactive ketones (excluding diaryl/α,β-unsaturated/α-hetero) is 1. The third-order valence-electron chi connectivity index (χ3n) is 3.46. The molecule has 5 nitrogen and oxygen atoms in total. The van der Waals surface area contributed by atoms with Crippen LogP contribution >= 0.6 is 0 Å². The number of ether oxygens (including phenoxy) is 3. The summed E-state index contributed by atoms with van der Waals surface area (Å²) in [7, 11) is 4.74. The number of benzene rings is 1. The zero-order chi connectivity index (χ0) is 15.2. The molecule has 1 N–H and O–H groups in total. The lowest BCUT2D eigenvalue weighted by atomic mass is 10.0. The molecule has 2 rings (SSSR count). The van der Waals surface area contributed by atoms with E-state index in [1.165, 1.54) is 0 Å². The summed E-state index contributed by atoms with van der Waals surface area (Å²) >= 11 is 0. The molecule has 0 radical (unpaired) electrons. The van der Waals surface area contributed by atoms with E-state index in [2.05, 4.69) is 5.32 Å². The van der Waals surface area contributed by atoms with Crippen LogP contribution in [0.2, 0.25) is 0 Å². The fourth-order valence-electron chi connectivity index (χ4n) is 2.36. The first-order chi connectivity index (χ1) is 10.2. The highest BCUT2D eigenvalue weighted by Gasteiger charge is 2.15. The van der Waals surface area contributed by atoms with E-state index < -0.39 is 0 Å². The molecule has 0 spiro atoms. The summed E-state index contributed by atoms with van der Waals surface area (Å²) in [4.78, 5) is 11.8. The van der Waals surface area contributed by atoms with Crippen molar-refractivity contribution in [2.45, 2.75) is 25.8 Å². The third-order valence-corrected chi connectivity index (χ3v) is 3.46. The number of hydrogen-bond donors (Lipinski definition) is 1. The molecule has 0 fully saturated rings. The molecule has 1 aliphatic rings. The van der Waals surface area contributed by atoms with Gasteiger partial charge in [-0.2, -0.15) is 0 Å². The molecule has 21 heavy (non-hydrogen) atoms. The predicted molar refractivity (Wildman–Crippen MR) is 79.9 cm³/mol. The number of carbonyl (C=O) groups excluding carboxylic acids is 1. The van der Waals surface area contributed by atoms with Crippen molar-refractivity contribution in [1.82, 2.24) is 5.32 Å². The Labute approximate surface area is 124 Å². The van der Waals surface area contributed by atoms with E-state index in [1.807, 2.05) is 18.2 Å². The van der Waals surface area contributed by atoms with Crippen molar-refractivity contribution in [3.63, 3.8) is 0 Å². The van der Waals surface area contributed by atoms with Crippen LogP contribution in [0.1, 0.15) is 24.8 Å². The molecule has 1 aromatic carbocycles. The van der Waals surface area contributed by atoms with Crippen molar-refractivity contribution < 1.29 is 19.0 Å². The minimum atomic E-state index is 0.175. The van der Waals surface area contributed by atoms with E-state index in [0.717, 1.165) is 18.4 Å². The number of rotatable bonds is 6. The van der Waals surface area contributed by atoms with Gasteiger partial charge in [-0.25, -0.2) is 0 Å². The Bertz CT molecular complexity index is 526. The van der Waals surface area contributed by atoms with Gasteiger partial charge in [0.1, 0.15) is 0 Å². The fourth-order valence-corrected chi connectivity index (χ4v) is 2.36. The van der Waals surface area contributed by atoms with Crippen LogP contribution in [-0.4, -0.2) is 27.1 Å². The molecular formula is C16H21NO4. The Morgan fingerprint density at radius 3 is 2.29 bits per heavy atom. The van der Waals surface area contributed by atoms with Crippen LogP contribution in [0.15, 0.2) is 23.9 Å². The SMILES string of the molecule is COc1cc(CNC2=CCCCC2=O)cc(OC)c1OC. The van der Waals surface area contributed by atoms with Gasteiger partial charge >= 0.3 is 0 Å². The first-order valence-corrected chi connectivity index (χ1v) is 6.95. The second kappa shape index (κ2) is 7.02. The smallest absolute Gasteiger partial charge is 0.203 e. The molecule has 0 heterocycles. The van der Waals surface area contributed by atoms with Crippen LogP contribution < -0.4 is 19.5 Å². The number of methoxy groups -OCH3 is 3. The van der Waals surface area contributed by atoms with E-state index >= 15 is 0 Å². The topological polar surface area (TPSA) is 56.8 Å². The predicted octanol–water partition coefficient (Wildman–Crippen LogP) is 2.44. The quantitative estimate of drug-likeness (QED) is 0.872. The lowest BCUT2D eigenvalue weighted by Gasteiger charge is -2.16. The zero-order valence-corrected chi connectivity index (χ0v) is 12.7. The Morgan fingerprint density at radius 1 is 1.10 bits per heavy atom. The van der Waals surface area contributed by atoms with Gasteiger partial charge in [0.15, 0.2) is 17.3 Å². The molecule has 5 heteroatoms. The fraction of sp³-hybridized carbons (Fsp3) is 0.438. The normalized spacial score (nSPS) is 14.4. The second-order valence-corrected chi connectivity index (χ2v) is 4.82. The van der Waals surface area contributed by atoms with Crippen LogP contribution in [0.5, 0.6) is 17.2 Å². The summed E-state index contributed by atoms with van der Waals surface area (Å²) in [5.41, 5.74) is 1.67. The molecule has 0 aromatic heterocycles. The molecule has 0 bridgehead atoms. The second-order valence-electron chi connectivity index (χ2n) is 4.82. The monoisotopic (exact) mass is 291 g/mol. The zero-order valence-electron chi connectivity index (χ0n) is 12.7. The Balaban J connectivity index is 2.16. The van der Waals surface area contributed by atoms with Gasteiger partial charge in [-0.05, 0) is 30.5 Å². The maximum Gasteiger partial charge on any atom is 0.203 e. The first-order valence-electron chi connectivity index (χ1n) is 6.95. The van der Waals surface area contributed by atoms with Gasteiger partial charge in [0, 0.05) is 13.0 Å². The molecule has 0 saturated carbocycles. The molecule has 0 amide bonds. The van der Waals surface area contributed by atoms with Crippen LogP contribution in [0.3, 0.4) is 0 Å². The average Bonchev–Trinajstić information content (AvgIpc) is 2.52. The van der Waals surface area contributed by atoms with Gasteiger partial charge in [-0.15, -0.1) is 0 Å². The van der Waals surface area contributed by atoms with Crippen LogP contribution in [0, 0.1) is 0 Å². The number of ketones is 1. The van der Waals surface area contributed by atoms with Crippen molar-refractivity contribution in [3.8, 4) is 17.2 Å². The molecule has 0 unspecified atom stereocenters. The van der Waals surface area contributed by atoms with Crippen LogP contribution in [0.25, 0.3) is 0 Å². The molecule has 1 aliphatic carbocycles. The maximum absolute atomic E-state index is 11.8. The molecular weight excluding hydrogens is 270 g/mol. The molecule has 114 valence electrons. The standard InChI is InChI=1S/C16H21NO4/c1-19-14-8-11(9-15(20-2)16(14)21-3)10-17-12-6-4-5-7-13(12)18/h6,8-9,17H,4-5,7,10H2,1-3H3. The van der Waals surface area contributed by atoms with E-state index in [-0.39, 0.29) is 5.78 Å². The Morgan fingerprint density at radius 2 is 1.76 bits per heavy atom. The summed E-state index contributed by atoms with van der Waals surface area (Å²) in [5, 5.41) is 3.19. The summed E-state index contributed by atoms with van der Waals surface area (Å²) in [6.07, 6.45) is 4.47. The molecule has 0 saturated heterocycles. The van der Waals surface area contributed by atoms with Crippen molar-refractivity contribution in [1.29, 1.82) is 0 Å². The lowest BCUT2D eigenvalue weighted by molar-refractivity contribution is -0.116. The third kappa shape index (κ3) is 3.48. The van der Waals surface area contributed by atoms with Gasteiger partial charge in [0.25, 0.3) is 0 Å². The number of hydrogen-bond acceptors (Lipinski definition) is 5.